The summed E-state index contributed by atoms with van der Waals surface area (Å²) in [6.07, 6.45) is 5.24. The molecular formula is C11H18N4. The Morgan fingerprint density at radius 1 is 1.53 bits per heavy atom. The number of nitrogens with zero attached hydrogens (tertiary/aromatic N) is 3. The van der Waals surface area contributed by atoms with Crippen molar-refractivity contribution in [2.45, 2.75) is 39.2 Å². The van der Waals surface area contributed by atoms with Crippen molar-refractivity contribution < 1.29 is 0 Å². The van der Waals surface area contributed by atoms with Crippen LogP contribution in [0.5, 0.6) is 0 Å². The average Bonchev–Trinajstić information content (AvgIpc) is 2.70. The van der Waals surface area contributed by atoms with Gasteiger partial charge in [-0.2, -0.15) is 0 Å². The molecule has 1 fully saturated rings. The van der Waals surface area contributed by atoms with Crippen LogP contribution in [-0.2, 0) is 0 Å². The molecule has 4 nitrogen and oxygen atoms in total. The molecule has 0 saturated carbocycles. The fourth-order valence-electron chi connectivity index (χ4n) is 2.28. The van der Waals surface area contributed by atoms with E-state index in [0.29, 0.717) is 11.9 Å². The Morgan fingerprint density at radius 2 is 2.33 bits per heavy atom. The Labute approximate surface area is 90.5 Å². The Balaban J connectivity index is 2.32. The summed E-state index contributed by atoms with van der Waals surface area (Å²) in [7, 11) is 0. The second kappa shape index (κ2) is 4.04. The summed E-state index contributed by atoms with van der Waals surface area (Å²) in [6.45, 7) is 5.31. The van der Waals surface area contributed by atoms with Crippen molar-refractivity contribution in [3.8, 4) is 0 Å². The maximum atomic E-state index is 5.80. The van der Waals surface area contributed by atoms with E-state index in [2.05, 4.69) is 21.8 Å². The highest BCUT2D eigenvalue weighted by atomic mass is 15.2. The van der Waals surface area contributed by atoms with Crippen LogP contribution in [-0.4, -0.2) is 22.6 Å². The van der Waals surface area contributed by atoms with Crippen LogP contribution < -0.4 is 10.6 Å². The number of hydrogen-bond acceptors (Lipinski definition) is 4. The highest BCUT2D eigenvalue weighted by Crippen LogP contribution is 2.29. The van der Waals surface area contributed by atoms with Crippen LogP contribution in [0.3, 0.4) is 0 Å². The van der Waals surface area contributed by atoms with E-state index in [1.807, 2.05) is 6.92 Å². The fourth-order valence-corrected chi connectivity index (χ4v) is 2.28. The van der Waals surface area contributed by atoms with Crippen LogP contribution in [0.25, 0.3) is 0 Å². The lowest BCUT2D eigenvalue weighted by atomic mass is 10.1. The van der Waals surface area contributed by atoms with Crippen molar-refractivity contribution in [3.05, 3.63) is 11.9 Å². The Bertz CT molecular complexity index is 350. The van der Waals surface area contributed by atoms with Gasteiger partial charge in [-0.25, -0.2) is 9.97 Å². The second-order valence-electron chi connectivity index (χ2n) is 4.11. The first-order valence-electron chi connectivity index (χ1n) is 5.57. The number of anilines is 2. The highest BCUT2D eigenvalue weighted by Gasteiger charge is 2.25. The van der Waals surface area contributed by atoms with Crippen molar-refractivity contribution in [1.29, 1.82) is 0 Å². The lowest BCUT2D eigenvalue weighted by molar-refractivity contribution is 0.639. The molecule has 2 N–H and O–H groups in total. The molecule has 0 radical (unpaired) electrons. The van der Waals surface area contributed by atoms with Crippen LogP contribution >= 0.6 is 0 Å². The SMILES string of the molecule is CCC1CCCN1c1ncnc(N)c1C. The zero-order valence-electron chi connectivity index (χ0n) is 9.40. The Morgan fingerprint density at radius 3 is 3.07 bits per heavy atom. The van der Waals surface area contributed by atoms with Gasteiger partial charge in [0.2, 0.25) is 0 Å². The number of rotatable bonds is 2. The molecule has 1 unspecified atom stereocenters. The Kier molecular flexibility index (Phi) is 2.75. The lowest BCUT2D eigenvalue weighted by Crippen LogP contribution is -2.30. The van der Waals surface area contributed by atoms with E-state index in [1.54, 1.807) is 6.33 Å². The largest absolute Gasteiger partial charge is 0.383 e. The van der Waals surface area contributed by atoms with Crippen LogP contribution in [0.2, 0.25) is 0 Å². The molecule has 1 aliphatic rings. The molecule has 0 amide bonds. The van der Waals surface area contributed by atoms with Gasteiger partial charge in [-0.05, 0) is 26.2 Å². The summed E-state index contributed by atoms with van der Waals surface area (Å²) in [6, 6.07) is 0.623. The molecule has 0 aliphatic carbocycles. The summed E-state index contributed by atoms with van der Waals surface area (Å²) >= 11 is 0. The monoisotopic (exact) mass is 206 g/mol. The van der Waals surface area contributed by atoms with Crippen LogP contribution in [0.1, 0.15) is 31.7 Å². The van der Waals surface area contributed by atoms with Gasteiger partial charge in [-0.15, -0.1) is 0 Å². The molecule has 2 heterocycles. The summed E-state index contributed by atoms with van der Waals surface area (Å²) in [4.78, 5) is 10.7. The molecule has 15 heavy (non-hydrogen) atoms. The van der Waals surface area contributed by atoms with Gasteiger partial charge in [0.15, 0.2) is 0 Å². The van der Waals surface area contributed by atoms with Crippen LogP contribution in [0, 0.1) is 6.92 Å². The van der Waals surface area contributed by atoms with Gasteiger partial charge in [0.25, 0.3) is 0 Å². The van der Waals surface area contributed by atoms with Crippen LogP contribution in [0.15, 0.2) is 6.33 Å². The standard InChI is InChI=1S/C11H18N4/c1-3-9-5-4-6-15(9)11-8(2)10(12)13-7-14-11/h7,9H,3-6H2,1-2H3,(H2,12,13,14). The number of nitrogen functional groups attached to an aromatic ring is 1. The molecule has 0 spiro atoms. The smallest absolute Gasteiger partial charge is 0.137 e. The molecule has 4 heteroatoms. The first kappa shape index (κ1) is 10.2. The fraction of sp³-hybridized carbons (Fsp3) is 0.636. The minimum absolute atomic E-state index is 0.599. The molecule has 2 rings (SSSR count). The minimum atomic E-state index is 0.599. The third-order valence-electron chi connectivity index (χ3n) is 3.22. The number of nitrogens with two attached hydrogens (primary N) is 1. The van der Waals surface area contributed by atoms with Crippen molar-refractivity contribution in [2.75, 3.05) is 17.2 Å². The molecule has 1 aromatic heterocycles. The van der Waals surface area contributed by atoms with E-state index >= 15 is 0 Å². The predicted molar refractivity (Wildman–Crippen MR) is 61.8 cm³/mol. The van der Waals surface area contributed by atoms with E-state index in [4.69, 9.17) is 5.73 Å². The van der Waals surface area contributed by atoms with Crippen molar-refractivity contribution in [3.63, 3.8) is 0 Å². The number of aromatic nitrogens is 2. The second-order valence-corrected chi connectivity index (χ2v) is 4.11. The van der Waals surface area contributed by atoms with E-state index < -0.39 is 0 Å². The third-order valence-corrected chi connectivity index (χ3v) is 3.22. The van der Waals surface area contributed by atoms with E-state index in [-0.39, 0.29) is 0 Å². The van der Waals surface area contributed by atoms with Gasteiger partial charge in [0, 0.05) is 18.2 Å². The van der Waals surface area contributed by atoms with E-state index in [9.17, 15) is 0 Å². The van der Waals surface area contributed by atoms with Crippen molar-refractivity contribution in [2.24, 2.45) is 0 Å². The summed E-state index contributed by atoms with van der Waals surface area (Å²) < 4.78 is 0. The van der Waals surface area contributed by atoms with Gasteiger partial charge in [0.1, 0.15) is 18.0 Å². The first-order valence-corrected chi connectivity index (χ1v) is 5.57. The summed E-state index contributed by atoms with van der Waals surface area (Å²) in [5.41, 5.74) is 6.81. The van der Waals surface area contributed by atoms with Crippen molar-refractivity contribution in [1.82, 2.24) is 9.97 Å². The first-order chi connectivity index (χ1) is 7.24. The molecule has 1 aliphatic heterocycles. The molecule has 1 aromatic rings. The Hall–Kier alpha value is -1.32. The van der Waals surface area contributed by atoms with Gasteiger partial charge in [0.05, 0.1) is 0 Å². The third kappa shape index (κ3) is 1.76. The summed E-state index contributed by atoms with van der Waals surface area (Å²) in [5, 5.41) is 0. The molecule has 0 bridgehead atoms. The van der Waals surface area contributed by atoms with Gasteiger partial charge < -0.3 is 10.6 Å². The zero-order valence-corrected chi connectivity index (χ0v) is 9.40. The molecule has 1 saturated heterocycles. The molecule has 1 atom stereocenters. The molecule has 0 aromatic carbocycles. The van der Waals surface area contributed by atoms with Gasteiger partial charge in [-0.1, -0.05) is 6.92 Å². The average molecular weight is 206 g/mol. The minimum Gasteiger partial charge on any atom is -0.383 e. The number of hydrogen-bond donors (Lipinski definition) is 1. The highest BCUT2D eigenvalue weighted by molar-refractivity contribution is 5.56. The zero-order chi connectivity index (χ0) is 10.8. The predicted octanol–water partition coefficient (Wildman–Crippen LogP) is 1.75. The molecule has 82 valence electrons. The maximum absolute atomic E-state index is 5.80. The van der Waals surface area contributed by atoms with Gasteiger partial charge >= 0.3 is 0 Å². The maximum Gasteiger partial charge on any atom is 0.137 e. The van der Waals surface area contributed by atoms with Gasteiger partial charge in [-0.3, -0.25) is 0 Å². The normalized spacial score (nSPS) is 20.9. The van der Waals surface area contributed by atoms with Crippen molar-refractivity contribution >= 4 is 11.6 Å². The lowest BCUT2D eigenvalue weighted by Gasteiger charge is -2.26. The quantitative estimate of drug-likeness (QED) is 0.801. The van der Waals surface area contributed by atoms with E-state index in [0.717, 1.165) is 17.9 Å². The summed E-state index contributed by atoms with van der Waals surface area (Å²) in [5.74, 6) is 1.62. The van der Waals surface area contributed by atoms with E-state index in [1.165, 1.54) is 19.3 Å². The topological polar surface area (TPSA) is 55.0 Å². The molecular weight excluding hydrogens is 188 g/mol. The van der Waals surface area contributed by atoms with Crippen LogP contribution in [0.4, 0.5) is 11.6 Å².